The van der Waals surface area contributed by atoms with Gasteiger partial charge in [-0.2, -0.15) is 0 Å². The first kappa shape index (κ1) is 16.8. The zero-order valence-electron chi connectivity index (χ0n) is 14.2. The Kier molecular flexibility index (Phi) is 4.47. The van der Waals surface area contributed by atoms with E-state index in [2.05, 4.69) is 4.90 Å². The first-order valence-corrected chi connectivity index (χ1v) is 8.94. The van der Waals surface area contributed by atoms with Crippen LogP contribution in [0.3, 0.4) is 0 Å². The third kappa shape index (κ3) is 3.35. The molecular weight excluding hydrogens is 352 g/mol. The number of amides is 1. The number of hydrogen-bond acceptors (Lipinski definition) is 4. The number of ether oxygens (including phenoxy) is 1. The molecule has 1 N–H and O–H groups in total. The molecule has 2 aromatic carbocycles. The lowest BCUT2D eigenvalue weighted by Crippen LogP contribution is -2.49. The number of anilines is 1. The summed E-state index contributed by atoms with van der Waals surface area (Å²) < 4.78 is 5.70. The van der Waals surface area contributed by atoms with Crippen molar-refractivity contribution in [2.75, 3.05) is 37.7 Å². The quantitative estimate of drug-likeness (QED) is 0.882. The zero-order chi connectivity index (χ0) is 18.1. The Bertz CT molecular complexity index is 856. The van der Waals surface area contributed by atoms with E-state index in [0.717, 1.165) is 30.1 Å². The molecule has 0 radical (unpaired) electrons. The molecule has 5 nitrogen and oxygen atoms in total. The highest BCUT2D eigenvalue weighted by molar-refractivity contribution is 6.30. The van der Waals surface area contributed by atoms with E-state index in [-0.39, 0.29) is 18.3 Å². The van der Waals surface area contributed by atoms with E-state index in [1.165, 1.54) is 0 Å². The van der Waals surface area contributed by atoms with Crippen molar-refractivity contribution in [3.8, 4) is 11.5 Å². The normalized spacial score (nSPS) is 16.6. The summed E-state index contributed by atoms with van der Waals surface area (Å²) in [5.41, 5.74) is 2.55. The number of benzene rings is 2. The van der Waals surface area contributed by atoms with Gasteiger partial charge < -0.3 is 19.6 Å². The Morgan fingerprint density at radius 1 is 1.04 bits per heavy atom. The van der Waals surface area contributed by atoms with Crippen LogP contribution in [-0.2, 0) is 4.79 Å². The van der Waals surface area contributed by atoms with Crippen LogP contribution in [0.15, 0.2) is 48.0 Å². The second-order valence-corrected chi connectivity index (χ2v) is 6.87. The number of piperazine rings is 1. The van der Waals surface area contributed by atoms with Gasteiger partial charge >= 0.3 is 0 Å². The molecule has 0 aromatic heterocycles. The number of hydrogen-bond donors (Lipinski definition) is 1. The molecule has 2 aromatic rings. The van der Waals surface area contributed by atoms with Gasteiger partial charge in [-0.15, -0.1) is 0 Å². The van der Waals surface area contributed by atoms with Gasteiger partial charge in [0.15, 0.2) is 0 Å². The molecule has 0 bridgehead atoms. The number of rotatable bonds is 2. The molecule has 0 aliphatic carbocycles. The third-order valence-electron chi connectivity index (χ3n) is 4.74. The van der Waals surface area contributed by atoms with Crippen molar-refractivity contribution in [3.05, 3.63) is 58.6 Å². The first-order chi connectivity index (χ1) is 12.6. The summed E-state index contributed by atoms with van der Waals surface area (Å²) in [6, 6.07) is 12.6. The average molecular weight is 371 g/mol. The van der Waals surface area contributed by atoms with Gasteiger partial charge in [-0.05, 0) is 48.5 Å². The summed E-state index contributed by atoms with van der Waals surface area (Å²) >= 11 is 6.04. The van der Waals surface area contributed by atoms with Crippen LogP contribution in [0.25, 0.3) is 6.08 Å². The minimum atomic E-state index is 0.0148. The highest BCUT2D eigenvalue weighted by Gasteiger charge is 2.26. The minimum Gasteiger partial charge on any atom is -0.508 e. The van der Waals surface area contributed by atoms with Crippen molar-refractivity contribution in [3.63, 3.8) is 0 Å². The van der Waals surface area contributed by atoms with E-state index in [0.29, 0.717) is 23.7 Å². The summed E-state index contributed by atoms with van der Waals surface area (Å²) in [6.45, 7) is 3.10. The van der Waals surface area contributed by atoms with E-state index < -0.39 is 0 Å². The van der Waals surface area contributed by atoms with Crippen LogP contribution in [0.1, 0.15) is 5.56 Å². The van der Waals surface area contributed by atoms with Gasteiger partial charge in [0, 0.05) is 42.5 Å². The molecule has 1 saturated heterocycles. The summed E-state index contributed by atoms with van der Waals surface area (Å²) in [4.78, 5) is 16.9. The van der Waals surface area contributed by atoms with Gasteiger partial charge in [-0.3, -0.25) is 4.79 Å². The summed E-state index contributed by atoms with van der Waals surface area (Å²) in [5, 5.41) is 10.0. The molecule has 134 valence electrons. The molecule has 1 fully saturated rings. The van der Waals surface area contributed by atoms with E-state index in [1.807, 2.05) is 35.2 Å². The van der Waals surface area contributed by atoms with Gasteiger partial charge in [0.2, 0.25) is 0 Å². The van der Waals surface area contributed by atoms with E-state index in [4.69, 9.17) is 16.3 Å². The second-order valence-electron chi connectivity index (χ2n) is 6.44. The lowest BCUT2D eigenvalue weighted by atomic mass is 10.1. The Morgan fingerprint density at radius 3 is 2.50 bits per heavy atom. The smallest absolute Gasteiger partial charge is 0.253 e. The first-order valence-electron chi connectivity index (χ1n) is 8.56. The van der Waals surface area contributed by atoms with E-state index in [1.54, 1.807) is 18.2 Å². The number of carbonyl (C=O) groups is 1. The predicted molar refractivity (Wildman–Crippen MR) is 102 cm³/mol. The van der Waals surface area contributed by atoms with E-state index >= 15 is 0 Å². The Morgan fingerprint density at radius 2 is 1.77 bits per heavy atom. The van der Waals surface area contributed by atoms with Crippen LogP contribution in [-0.4, -0.2) is 48.7 Å². The Hall–Kier alpha value is -2.66. The maximum Gasteiger partial charge on any atom is 0.253 e. The fourth-order valence-corrected chi connectivity index (χ4v) is 3.49. The molecule has 0 unspecified atom stereocenters. The van der Waals surface area contributed by atoms with Crippen molar-refractivity contribution < 1.29 is 14.6 Å². The number of carbonyl (C=O) groups excluding carboxylic acids is 1. The monoisotopic (exact) mass is 370 g/mol. The molecule has 0 saturated carbocycles. The number of phenols is 1. The highest BCUT2D eigenvalue weighted by Crippen LogP contribution is 2.30. The van der Waals surface area contributed by atoms with Crippen molar-refractivity contribution >= 4 is 29.3 Å². The molecule has 26 heavy (non-hydrogen) atoms. The third-order valence-corrected chi connectivity index (χ3v) is 4.98. The molecule has 1 amide bonds. The number of aromatic hydroxyl groups is 1. The van der Waals surface area contributed by atoms with Crippen LogP contribution in [0, 0.1) is 0 Å². The van der Waals surface area contributed by atoms with Gasteiger partial charge in [-0.25, -0.2) is 0 Å². The number of halogens is 1. The zero-order valence-corrected chi connectivity index (χ0v) is 14.9. The lowest BCUT2D eigenvalue weighted by molar-refractivity contribution is -0.127. The van der Waals surface area contributed by atoms with Gasteiger partial charge in [-0.1, -0.05) is 11.6 Å². The Labute approximate surface area is 157 Å². The predicted octanol–water partition coefficient (Wildman–Crippen LogP) is 3.17. The SMILES string of the molecule is O=C(C1=Cc2cc(Cl)ccc2OC1)N1CCN(c2ccc(O)cc2)CC1. The van der Waals surface area contributed by atoms with Crippen LogP contribution >= 0.6 is 11.6 Å². The van der Waals surface area contributed by atoms with Crippen LogP contribution in [0.2, 0.25) is 5.02 Å². The molecule has 2 aliphatic rings. The van der Waals surface area contributed by atoms with Crippen LogP contribution < -0.4 is 9.64 Å². The van der Waals surface area contributed by atoms with Crippen molar-refractivity contribution in [2.24, 2.45) is 0 Å². The molecule has 2 heterocycles. The fourth-order valence-electron chi connectivity index (χ4n) is 3.31. The van der Waals surface area contributed by atoms with Crippen molar-refractivity contribution in [2.45, 2.75) is 0 Å². The van der Waals surface area contributed by atoms with Gasteiger partial charge in [0.05, 0.1) is 5.57 Å². The largest absolute Gasteiger partial charge is 0.508 e. The number of nitrogens with zero attached hydrogens (tertiary/aromatic N) is 2. The molecule has 6 heteroatoms. The maximum atomic E-state index is 12.8. The number of phenolic OH excluding ortho intramolecular Hbond substituents is 1. The fraction of sp³-hybridized carbons (Fsp3) is 0.250. The van der Waals surface area contributed by atoms with Gasteiger partial charge in [0.1, 0.15) is 18.1 Å². The van der Waals surface area contributed by atoms with Gasteiger partial charge in [0.25, 0.3) is 5.91 Å². The molecule has 2 aliphatic heterocycles. The molecule has 0 atom stereocenters. The number of fused-ring (bicyclic) bond motifs is 1. The van der Waals surface area contributed by atoms with Crippen molar-refractivity contribution in [1.82, 2.24) is 4.90 Å². The maximum absolute atomic E-state index is 12.8. The Balaban J connectivity index is 1.43. The summed E-state index contributed by atoms with van der Waals surface area (Å²) in [5.74, 6) is 1.02. The molecular formula is C20H19ClN2O3. The standard InChI is InChI=1S/C20H19ClN2O3/c21-16-1-6-19-14(12-16)11-15(13-26-19)20(25)23-9-7-22(8-10-23)17-2-4-18(24)5-3-17/h1-6,11-12,24H,7-10,13H2. The highest BCUT2D eigenvalue weighted by atomic mass is 35.5. The molecule has 4 rings (SSSR count). The summed E-state index contributed by atoms with van der Waals surface area (Å²) in [7, 11) is 0. The van der Waals surface area contributed by atoms with Crippen LogP contribution in [0.5, 0.6) is 11.5 Å². The topological polar surface area (TPSA) is 53.0 Å². The van der Waals surface area contributed by atoms with Crippen LogP contribution in [0.4, 0.5) is 5.69 Å². The summed E-state index contributed by atoms with van der Waals surface area (Å²) in [6.07, 6.45) is 1.87. The lowest BCUT2D eigenvalue weighted by Gasteiger charge is -2.36. The average Bonchev–Trinajstić information content (AvgIpc) is 2.67. The molecule has 0 spiro atoms. The minimum absolute atomic E-state index is 0.0148. The van der Waals surface area contributed by atoms with Crippen molar-refractivity contribution in [1.29, 1.82) is 0 Å². The van der Waals surface area contributed by atoms with E-state index in [9.17, 15) is 9.90 Å². The second kappa shape index (κ2) is 6.92.